The second kappa shape index (κ2) is 9.23. The number of nitrogens with zero attached hydrogens (tertiary/aromatic N) is 6. The highest BCUT2D eigenvalue weighted by molar-refractivity contribution is 6.36. The topological polar surface area (TPSA) is 114 Å². The third-order valence-electron chi connectivity index (χ3n) is 7.93. The quantitative estimate of drug-likeness (QED) is 0.316. The molecule has 5 aromatic rings. The van der Waals surface area contributed by atoms with Crippen LogP contribution in [0.25, 0.3) is 33.3 Å². The Bertz CT molecular complexity index is 1730. The van der Waals surface area contributed by atoms with E-state index < -0.39 is 0 Å². The van der Waals surface area contributed by atoms with Gasteiger partial charge in [-0.15, -0.1) is 0 Å². The van der Waals surface area contributed by atoms with Crippen molar-refractivity contribution in [3.8, 4) is 22.8 Å². The van der Waals surface area contributed by atoms with Gasteiger partial charge in [-0.3, -0.25) is 9.67 Å². The number of carbonyl (C=O) groups excluding carboxylic acids is 1. The van der Waals surface area contributed by atoms with Crippen LogP contribution in [0.5, 0.6) is 11.5 Å². The van der Waals surface area contributed by atoms with Gasteiger partial charge >= 0.3 is 6.03 Å². The molecule has 2 amide bonds. The Labute approximate surface area is 229 Å². The summed E-state index contributed by atoms with van der Waals surface area (Å²) in [5, 5.41) is 7.76. The van der Waals surface area contributed by atoms with Gasteiger partial charge in [-0.1, -0.05) is 11.6 Å². The number of fused-ring (bicyclic) bond motifs is 4. The van der Waals surface area contributed by atoms with Gasteiger partial charge in [0.15, 0.2) is 0 Å². The first-order valence-corrected chi connectivity index (χ1v) is 13.4. The number of carbonyl (C=O) groups is 1. The predicted molar refractivity (Wildman–Crippen MR) is 148 cm³/mol. The van der Waals surface area contributed by atoms with Crippen molar-refractivity contribution in [3.63, 3.8) is 0 Å². The van der Waals surface area contributed by atoms with Crippen molar-refractivity contribution in [3.05, 3.63) is 59.8 Å². The van der Waals surface area contributed by atoms with Crippen molar-refractivity contribution in [1.29, 1.82) is 0 Å². The van der Waals surface area contributed by atoms with E-state index in [0.29, 0.717) is 51.1 Å². The molecule has 3 atom stereocenters. The minimum Gasteiger partial charge on any atom is -0.456 e. The van der Waals surface area contributed by atoms with Gasteiger partial charge in [0.25, 0.3) is 0 Å². The number of ether oxygens (including phenoxy) is 1. The number of imidazole rings is 1. The molecule has 0 radical (unpaired) electrons. The molecular formula is C28H27ClN8O2. The van der Waals surface area contributed by atoms with Crippen molar-refractivity contribution < 1.29 is 9.53 Å². The SMILES string of the molecule is CNC(=O)N1CC2CC1CC2Cn1cc(-c2cnc3ccc(Oc4ccc5nc(C)[nH]c5c4)c(Cl)c3n2)cn1. The normalized spacial score (nSPS) is 20.3. The van der Waals surface area contributed by atoms with Crippen LogP contribution in [-0.2, 0) is 6.54 Å². The van der Waals surface area contributed by atoms with E-state index in [1.54, 1.807) is 19.3 Å². The number of H-pyrrole nitrogens is 1. The lowest BCUT2D eigenvalue weighted by Gasteiger charge is -2.31. The maximum absolute atomic E-state index is 12.1. The number of rotatable bonds is 5. The van der Waals surface area contributed by atoms with Crippen LogP contribution in [0.2, 0.25) is 5.02 Å². The van der Waals surface area contributed by atoms with E-state index >= 15 is 0 Å². The Kier molecular flexibility index (Phi) is 5.66. The van der Waals surface area contributed by atoms with Gasteiger partial charge in [0.05, 0.1) is 34.6 Å². The molecule has 1 aliphatic heterocycles. The highest BCUT2D eigenvalue weighted by atomic mass is 35.5. The Morgan fingerprint density at radius 3 is 2.87 bits per heavy atom. The van der Waals surface area contributed by atoms with Gasteiger partial charge in [-0.05, 0) is 55.9 Å². The van der Waals surface area contributed by atoms with Crippen molar-refractivity contribution in [1.82, 2.24) is 39.9 Å². The van der Waals surface area contributed by atoms with E-state index in [2.05, 4.69) is 25.4 Å². The lowest BCUT2D eigenvalue weighted by atomic mass is 9.94. The molecule has 39 heavy (non-hydrogen) atoms. The molecule has 2 fully saturated rings. The Morgan fingerprint density at radius 1 is 1.18 bits per heavy atom. The first-order chi connectivity index (χ1) is 18.9. The molecule has 2 N–H and O–H groups in total. The minimum atomic E-state index is 0.0263. The highest BCUT2D eigenvalue weighted by Gasteiger charge is 2.46. The number of amides is 2. The van der Waals surface area contributed by atoms with Crippen LogP contribution in [0.4, 0.5) is 4.79 Å². The Balaban J connectivity index is 1.10. The van der Waals surface area contributed by atoms with Gasteiger partial charge in [-0.2, -0.15) is 5.10 Å². The number of nitrogens with one attached hydrogen (secondary N) is 2. The Hall–Kier alpha value is -4.18. The largest absolute Gasteiger partial charge is 0.456 e. The standard InChI is InChI=1S/C28H27ClN8O2/c1-15-33-21-4-3-20(9-23(21)34-15)39-25-6-5-22-27(26(25)29)35-24(11-31-22)18-10-32-36(13-18)12-16-7-19-8-17(16)14-37(19)28(38)30-2/h3-6,9-11,13,16-17,19H,7-8,12,14H2,1-2H3,(H,30,38)(H,33,34). The van der Waals surface area contributed by atoms with Crippen LogP contribution < -0.4 is 10.1 Å². The van der Waals surface area contributed by atoms with E-state index in [1.165, 1.54) is 0 Å². The summed E-state index contributed by atoms with van der Waals surface area (Å²) in [6, 6.07) is 9.69. The summed E-state index contributed by atoms with van der Waals surface area (Å²) in [4.78, 5) is 31.1. The molecule has 4 heterocycles. The smallest absolute Gasteiger partial charge is 0.317 e. The third-order valence-corrected chi connectivity index (χ3v) is 8.30. The third kappa shape index (κ3) is 4.24. The van der Waals surface area contributed by atoms with Crippen LogP contribution in [0.15, 0.2) is 48.9 Å². The summed E-state index contributed by atoms with van der Waals surface area (Å²) in [6.07, 6.45) is 7.65. The fraction of sp³-hybridized carbons (Fsp3) is 0.321. The van der Waals surface area contributed by atoms with E-state index in [4.69, 9.17) is 21.3 Å². The van der Waals surface area contributed by atoms with Gasteiger partial charge in [0.1, 0.15) is 27.9 Å². The summed E-state index contributed by atoms with van der Waals surface area (Å²) in [5.74, 6) is 3.02. The van der Waals surface area contributed by atoms with Crippen LogP contribution in [-0.4, -0.2) is 60.3 Å². The van der Waals surface area contributed by atoms with Gasteiger partial charge < -0.3 is 19.9 Å². The zero-order valence-corrected chi connectivity index (χ0v) is 22.3. The monoisotopic (exact) mass is 542 g/mol. The van der Waals surface area contributed by atoms with Crippen LogP contribution in [0, 0.1) is 18.8 Å². The van der Waals surface area contributed by atoms with Crippen LogP contribution in [0.3, 0.4) is 0 Å². The van der Waals surface area contributed by atoms with Crippen molar-refractivity contribution in [2.45, 2.75) is 32.4 Å². The molecule has 0 spiro atoms. The number of benzene rings is 2. The molecule has 3 unspecified atom stereocenters. The summed E-state index contributed by atoms with van der Waals surface area (Å²) < 4.78 is 8.10. The molecule has 1 saturated carbocycles. The summed E-state index contributed by atoms with van der Waals surface area (Å²) in [5.41, 5.74) is 4.61. The van der Waals surface area contributed by atoms with E-state index in [-0.39, 0.29) is 6.03 Å². The summed E-state index contributed by atoms with van der Waals surface area (Å²) >= 11 is 6.77. The number of hydrogen-bond acceptors (Lipinski definition) is 6. The number of hydrogen-bond donors (Lipinski definition) is 2. The summed E-state index contributed by atoms with van der Waals surface area (Å²) in [6.45, 7) is 3.56. The van der Waals surface area contributed by atoms with Gasteiger partial charge in [0, 0.05) is 44.0 Å². The molecule has 10 nitrogen and oxygen atoms in total. The second-order valence-electron chi connectivity index (χ2n) is 10.4. The fourth-order valence-electron chi connectivity index (χ4n) is 6.06. The average molecular weight is 543 g/mol. The molecule has 1 saturated heterocycles. The average Bonchev–Trinajstić information content (AvgIpc) is 3.73. The predicted octanol–water partition coefficient (Wildman–Crippen LogP) is 5.17. The van der Waals surface area contributed by atoms with E-state index in [1.807, 2.05) is 53.2 Å². The summed E-state index contributed by atoms with van der Waals surface area (Å²) in [7, 11) is 1.69. The fourth-order valence-corrected chi connectivity index (χ4v) is 6.30. The number of aryl methyl sites for hydroxylation is 1. The van der Waals surface area contributed by atoms with E-state index in [9.17, 15) is 4.79 Å². The van der Waals surface area contributed by atoms with Gasteiger partial charge in [-0.25, -0.2) is 14.8 Å². The number of urea groups is 1. The minimum absolute atomic E-state index is 0.0263. The second-order valence-corrected chi connectivity index (χ2v) is 10.8. The highest BCUT2D eigenvalue weighted by Crippen LogP contribution is 2.43. The number of likely N-dealkylation sites (tertiary alicyclic amines) is 1. The van der Waals surface area contributed by atoms with Crippen molar-refractivity contribution in [2.24, 2.45) is 11.8 Å². The molecule has 11 heteroatoms. The first kappa shape index (κ1) is 23.9. The lowest BCUT2D eigenvalue weighted by Crippen LogP contribution is -2.45. The van der Waals surface area contributed by atoms with Gasteiger partial charge in [0.2, 0.25) is 0 Å². The molecule has 2 aromatic carbocycles. The van der Waals surface area contributed by atoms with Crippen LogP contribution >= 0.6 is 11.6 Å². The number of piperidine rings is 1. The number of aromatic nitrogens is 6. The molecular weight excluding hydrogens is 516 g/mol. The zero-order chi connectivity index (χ0) is 26.7. The number of aromatic amines is 1. The molecule has 7 rings (SSSR count). The van der Waals surface area contributed by atoms with Crippen molar-refractivity contribution in [2.75, 3.05) is 13.6 Å². The first-order valence-electron chi connectivity index (χ1n) is 13.1. The molecule has 3 aromatic heterocycles. The maximum Gasteiger partial charge on any atom is 0.317 e. The molecule has 2 bridgehead atoms. The lowest BCUT2D eigenvalue weighted by molar-refractivity contribution is 0.161. The van der Waals surface area contributed by atoms with E-state index in [0.717, 1.165) is 48.4 Å². The maximum atomic E-state index is 12.1. The van der Waals surface area contributed by atoms with Crippen LogP contribution in [0.1, 0.15) is 18.7 Å². The zero-order valence-electron chi connectivity index (χ0n) is 21.6. The Morgan fingerprint density at radius 2 is 2.05 bits per heavy atom. The molecule has 2 aliphatic rings. The molecule has 1 aliphatic carbocycles. The van der Waals surface area contributed by atoms with Crippen molar-refractivity contribution >= 4 is 39.7 Å². The number of halogens is 1. The molecule has 198 valence electrons.